The van der Waals surface area contributed by atoms with Crippen LogP contribution in [0.2, 0.25) is 0 Å². The van der Waals surface area contributed by atoms with Crippen LogP contribution >= 0.6 is 0 Å². The van der Waals surface area contributed by atoms with Crippen LogP contribution in [-0.2, 0) is 9.53 Å². The summed E-state index contributed by atoms with van der Waals surface area (Å²) in [4.78, 5) is 12.5. The lowest BCUT2D eigenvalue weighted by atomic mass is 9.82. The molecule has 0 aromatic heterocycles. The Morgan fingerprint density at radius 1 is 0.607 bits per heavy atom. The van der Waals surface area contributed by atoms with Crippen molar-refractivity contribution < 1.29 is 9.53 Å². The predicted molar refractivity (Wildman–Crippen MR) is 124 cm³/mol. The Hall–Kier alpha value is -0.530. The molecule has 1 unspecified atom stereocenters. The smallest absolute Gasteiger partial charge is 0.311 e. The zero-order valence-electron chi connectivity index (χ0n) is 20.0. The number of unbranched alkanes of at least 4 members (excludes halogenated alkanes) is 15. The average molecular weight is 397 g/mol. The molecule has 2 heteroatoms. The molecule has 0 aliphatic rings. The molecule has 2 nitrogen and oxygen atoms in total. The van der Waals surface area contributed by atoms with E-state index in [1.54, 1.807) is 0 Å². The second-order valence-corrected chi connectivity index (χ2v) is 9.10. The second kappa shape index (κ2) is 19.8. The third-order valence-corrected chi connectivity index (χ3v) is 6.34. The van der Waals surface area contributed by atoms with Crippen molar-refractivity contribution in [2.75, 3.05) is 6.61 Å². The van der Waals surface area contributed by atoms with Gasteiger partial charge in [0.2, 0.25) is 0 Å². The fourth-order valence-electron chi connectivity index (χ4n) is 3.82. The molecule has 28 heavy (non-hydrogen) atoms. The summed E-state index contributed by atoms with van der Waals surface area (Å²) in [6, 6.07) is 0. The summed E-state index contributed by atoms with van der Waals surface area (Å²) in [6.45, 7) is 9.37. The van der Waals surface area contributed by atoms with Crippen molar-refractivity contribution in [3.05, 3.63) is 0 Å². The Kier molecular flexibility index (Phi) is 19.4. The predicted octanol–water partition coefficient (Wildman–Crippen LogP) is 9.01. The van der Waals surface area contributed by atoms with Crippen LogP contribution in [0.15, 0.2) is 0 Å². The van der Waals surface area contributed by atoms with E-state index in [9.17, 15) is 4.79 Å². The second-order valence-electron chi connectivity index (χ2n) is 9.10. The minimum atomic E-state index is -0.276. The Morgan fingerprint density at radius 3 is 1.43 bits per heavy atom. The van der Waals surface area contributed by atoms with Crippen LogP contribution < -0.4 is 0 Å². The van der Waals surface area contributed by atoms with E-state index in [1.807, 2.05) is 0 Å². The van der Waals surface area contributed by atoms with Gasteiger partial charge in [-0.05, 0) is 26.2 Å². The number of hydrogen-bond acceptors (Lipinski definition) is 2. The molecule has 0 heterocycles. The Labute approximate surface area is 177 Å². The molecule has 0 amide bonds. The third-order valence-electron chi connectivity index (χ3n) is 6.34. The van der Waals surface area contributed by atoms with Crippen molar-refractivity contribution >= 4 is 5.97 Å². The summed E-state index contributed by atoms with van der Waals surface area (Å²) in [5.41, 5.74) is -0.276. The molecule has 0 spiro atoms. The first kappa shape index (κ1) is 27.5. The lowest BCUT2D eigenvalue weighted by Crippen LogP contribution is -2.29. The molecule has 0 fully saturated rings. The maximum atomic E-state index is 12.5. The molecular weight excluding hydrogens is 344 g/mol. The summed E-state index contributed by atoms with van der Waals surface area (Å²) in [7, 11) is 0. The van der Waals surface area contributed by atoms with Crippen LogP contribution in [0.1, 0.15) is 150 Å². The van der Waals surface area contributed by atoms with Crippen LogP contribution in [0.3, 0.4) is 0 Å². The number of carbonyl (C=O) groups is 1. The lowest BCUT2D eigenvalue weighted by molar-refractivity contribution is -0.155. The van der Waals surface area contributed by atoms with Crippen molar-refractivity contribution in [3.8, 4) is 0 Å². The summed E-state index contributed by atoms with van der Waals surface area (Å²) < 4.78 is 5.64. The molecular formula is C26H52O2. The lowest BCUT2D eigenvalue weighted by Gasteiger charge is -2.26. The van der Waals surface area contributed by atoms with Gasteiger partial charge in [-0.3, -0.25) is 4.79 Å². The molecule has 0 radical (unpaired) electrons. The zero-order chi connectivity index (χ0) is 20.9. The Bertz CT molecular complexity index is 339. The largest absolute Gasteiger partial charge is 0.465 e. The standard InChI is InChI=1S/C26H52O2/c1-5-8-10-12-14-16-18-20-22-24-28-25(27)26(4,7-3)23-21-19-17-15-13-11-9-6-2/h5-24H2,1-4H3. The topological polar surface area (TPSA) is 26.3 Å². The quantitative estimate of drug-likeness (QED) is 0.143. The summed E-state index contributed by atoms with van der Waals surface area (Å²) in [5, 5.41) is 0. The highest BCUT2D eigenvalue weighted by atomic mass is 16.5. The molecule has 0 aromatic rings. The van der Waals surface area contributed by atoms with E-state index in [0.717, 1.165) is 25.7 Å². The first-order chi connectivity index (χ1) is 13.6. The highest BCUT2D eigenvalue weighted by Crippen LogP contribution is 2.30. The normalized spacial score (nSPS) is 13.4. The Balaban J connectivity index is 3.69. The minimum Gasteiger partial charge on any atom is -0.465 e. The van der Waals surface area contributed by atoms with Gasteiger partial charge in [0.1, 0.15) is 0 Å². The summed E-state index contributed by atoms with van der Waals surface area (Å²) in [6.07, 6.45) is 24.1. The van der Waals surface area contributed by atoms with E-state index in [4.69, 9.17) is 4.74 Å². The minimum absolute atomic E-state index is 0.0394. The van der Waals surface area contributed by atoms with Gasteiger partial charge in [0, 0.05) is 0 Å². The first-order valence-electron chi connectivity index (χ1n) is 12.8. The highest BCUT2D eigenvalue weighted by Gasteiger charge is 2.32. The third kappa shape index (κ3) is 15.4. The number of ether oxygens (including phenoxy) is 1. The summed E-state index contributed by atoms with van der Waals surface area (Å²) in [5.74, 6) is 0.0394. The van der Waals surface area contributed by atoms with Crippen LogP contribution in [0.25, 0.3) is 0 Å². The van der Waals surface area contributed by atoms with E-state index in [2.05, 4.69) is 27.7 Å². The van der Waals surface area contributed by atoms with Gasteiger partial charge in [0.15, 0.2) is 0 Å². The van der Waals surface area contributed by atoms with Crippen LogP contribution in [0.5, 0.6) is 0 Å². The monoisotopic (exact) mass is 396 g/mol. The summed E-state index contributed by atoms with van der Waals surface area (Å²) >= 11 is 0. The fraction of sp³-hybridized carbons (Fsp3) is 0.962. The van der Waals surface area contributed by atoms with Crippen LogP contribution in [0, 0.1) is 5.41 Å². The van der Waals surface area contributed by atoms with Gasteiger partial charge >= 0.3 is 5.97 Å². The fourth-order valence-corrected chi connectivity index (χ4v) is 3.82. The molecule has 0 bridgehead atoms. The molecule has 0 saturated heterocycles. The van der Waals surface area contributed by atoms with Crippen molar-refractivity contribution in [3.63, 3.8) is 0 Å². The molecule has 1 atom stereocenters. The average Bonchev–Trinajstić information content (AvgIpc) is 2.71. The van der Waals surface area contributed by atoms with E-state index in [-0.39, 0.29) is 11.4 Å². The maximum absolute atomic E-state index is 12.5. The van der Waals surface area contributed by atoms with Gasteiger partial charge in [-0.25, -0.2) is 0 Å². The maximum Gasteiger partial charge on any atom is 0.311 e. The van der Waals surface area contributed by atoms with E-state index in [0.29, 0.717) is 6.61 Å². The van der Waals surface area contributed by atoms with Crippen molar-refractivity contribution in [1.29, 1.82) is 0 Å². The van der Waals surface area contributed by atoms with Gasteiger partial charge in [0.05, 0.1) is 12.0 Å². The number of esters is 1. The van der Waals surface area contributed by atoms with E-state index >= 15 is 0 Å². The van der Waals surface area contributed by atoms with Crippen molar-refractivity contribution in [2.45, 2.75) is 150 Å². The van der Waals surface area contributed by atoms with Crippen molar-refractivity contribution in [1.82, 2.24) is 0 Å². The number of hydrogen-bond donors (Lipinski definition) is 0. The molecule has 0 aliphatic heterocycles. The van der Waals surface area contributed by atoms with E-state index in [1.165, 1.54) is 96.3 Å². The van der Waals surface area contributed by atoms with Crippen LogP contribution in [-0.4, -0.2) is 12.6 Å². The number of carbonyl (C=O) groups excluding carboxylic acids is 1. The molecule has 168 valence electrons. The van der Waals surface area contributed by atoms with Gasteiger partial charge in [-0.2, -0.15) is 0 Å². The number of rotatable bonds is 21. The molecule has 0 rings (SSSR count). The van der Waals surface area contributed by atoms with Crippen LogP contribution in [0.4, 0.5) is 0 Å². The van der Waals surface area contributed by atoms with Gasteiger partial charge < -0.3 is 4.74 Å². The molecule has 0 aromatic carbocycles. The Morgan fingerprint density at radius 2 is 1.00 bits per heavy atom. The SMILES string of the molecule is CCCCCCCCCCCOC(=O)C(C)(CC)CCCCCCCCCC. The van der Waals surface area contributed by atoms with Gasteiger partial charge in [-0.1, -0.05) is 124 Å². The molecule has 0 N–H and O–H groups in total. The highest BCUT2D eigenvalue weighted by molar-refractivity contribution is 5.76. The first-order valence-corrected chi connectivity index (χ1v) is 12.8. The van der Waals surface area contributed by atoms with E-state index < -0.39 is 0 Å². The zero-order valence-corrected chi connectivity index (χ0v) is 20.0. The van der Waals surface area contributed by atoms with Gasteiger partial charge in [0.25, 0.3) is 0 Å². The molecule has 0 aliphatic carbocycles. The van der Waals surface area contributed by atoms with Gasteiger partial charge in [-0.15, -0.1) is 0 Å². The van der Waals surface area contributed by atoms with Crippen molar-refractivity contribution in [2.24, 2.45) is 5.41 Å². The molecule has 0 saturated carbocycles.